The Morgan fingerprint density at radius 3 is 2.89 bits per heavy atom. The molecule has 0 radical (unpaired) electrons. The lowest BCUT2D eigenvalue weighted by Crippen LogP contribution is -2.44. The maximum atomic E-state index is 11.7. The van der Waals surface area contributed by atoms with Crippen LogP contribution >= 0.6 is 0 Å². The summed E-state index contributed by atoms with van der Waals surface area (Å²) < 4.78 is 0. The summed E-state index contributed by atoms with van der Waals surface area (Å²) in [4.78, 5) is 14.0. The fourth-order valence-electron chi connectivity index (χ4n) is 3.81. The van der Waals surface area contributed by atoms with Gasteiger partial charge in [-0.2, -0.15) is 0 Å². The Labute approximate surface area is 107 Å². The molecule has 1 saturated carbocycles. The van der Waals surface area contributed by atoms with Crippen LogP contribution in [0, 0.1) is 12.8 Å². The van der Waals surface area contributed by atoms with Gasteiger partial charge in [-0.3, -0.25) is 4.79 Å². The highest BCUT2D eigenvalue weighted by atomic mass is 16.4. The average Bonchev–Trinajstić information content (AvgIpc) is 2.77. The smallest absolute Gasteiger partial charge is 0.311 e. The van der Waals surface area contributed by atoms with Crippen molar-refractivity contribution in [3.05, 3.63) is 29.3 Å². The fraction of sp³-hybridized carbons (Fsp3) is 0.533. The molecule has 1 fully saturated rings. The Balaban J connectivity index is 2.16. The van der Waals surface area contributed by atoms with Crippen LogP contribution in [0.25, 0.3) is 0 Å². The molecule has 1 aromatic carbocycles. The van der Waals surface area contributed by atoms with E-state index in [1.54, 1.807) is 0 Å². The molecule has 3 heteroatoms. The van der Waals surface area contributed by atoms with Gasteiger partial charge >= 0.3 is 5.97 Å². The van der Waals surface area contributed by atoms with E-state index in [4.69, 9.17) is 0 Å². The van der Waals surface area contributed by atoms with E-state index in [2.05, 4.69) is 30.1 Å². The van der Waals surface area contributed by atoms with Gasteiger partial charge in [0.1, 0.15) is 0 Å². The van der Waals surface area contributed by atoms with Crippen molar-refractivity contribution < 1.29 is 9.90 Å². The van der Waals surface area contributed by atoms with Crippen LogP contribution < -0.4 is 4.90 Å². The topological polar surface area (TPSA) is 40.5 Å². The van der Waals surface area contributed by atoms with Gasteiger partial charge in [0, 0.05) is 18.8 Å². The summed E-state index contributed by atoms with van der Waals surface area (Å²) in [5, 5.41) is 9.59. The highest BCUT2D eigenvalue weighted by molar-refractivity contribution is 5.81. The number of carboxylic acid groups (broad SMARTS) is 1. The Morgan fingerprint density at radius 1 is 1.39 bits per heavy atom. The van der Waals surface area contributed by atoms with E-state index in [-0.39, 0.29) is 11.8 Å². The quantitative estimate of drug-likeness (QED) is 0.827. The van der Waals surface area contributed by atoms with Gasteiger partial charge in [0.2, 0.25) is 0 Å². The Kier molecular flexibility index (Phi) is 2.58. The van der Waals surface area contributed by atoms with E-state index in [0.717, 1.165) is 36.1 Å². The first kappa shape index (κ1) is 11.6. The first-order valence-electron chi connectivity index (χ1n) is 6.66. The normalized spacial score (nSPS) is 29.9. The van der Waals surface area contributed by atoms with Crippen molar-refractivity contribution in [1.82, 2.24) is 0 Å². The Hall–Kier alpha value is -1.51. The lowest BCUT2D eigenvalue weighted by molar-refractivity contribution is -0.140. The maximum Gasteiger partial charge on any atom is 0.311 e. The van der Waals surface area contributed by atoms with E-state index in [9.17, 15) is 9.90 Å². The van der Waals surface area contributed by atoms with Crippen LogP contribution in [-0.4, -0.2) is 24.2 Å². The number of carboxylic acids is 1. The van der Waals surface area contributed by atoms with E-state index in [1.165, 1.54) is 0 Å². The SMILES string of the molecule is Cc1ccc2c(c1)C(C(=O)O)C1CCCC1N2C. The first-order chi connectivity index (χ1) is 8.59. The van der Waals surface area contributed by atoms with Crippen molar-refractivity contribution in [3.63, 3.8) is 0 Å². The standard InChI is InChI=1S/C15H19NO2/c1-9-6-7-13-11(8-9)14(15(17)18)10-4-3-5-12(10)16(13)2/h6-8,10,12,14H,3-5H2,1-2H3,(H,17,18). The van der Waals surface area contributed by atoms with Crippen LogP contribution in [0.5, 0.6) is 0 Å². The lowest BCUT2D eigenvalue weighted by Gasteiger charge is -2.41. The molecular weight excluding hydrogens is 226 g/mol. The van der Waals surface area contributed by atoms with Crippen LogP contribution in [0.15, 0.2) is 18.2 Å². The van der Waals surface area contributed by atoms with E-state index < -0.39 is 5.97 Å². The number of hydrogen-bond donors (Lipinski definition) is 1. The van der Waals surface area contributed by atoms with Crippen molar-refractivity contribution in [1.29, 1.82) is 0 Å². The zero-order chi connectivity index (χ0) is 12.9. The molecule has 0 spiro atoms. The number of aliphatic carboxylic acids is 1. The van der Waals surface area contributed by atoms with Crippen molar-refractivity contribution in [2.24, 2.45) is 5.92 Å². The summed E-state index contributed by atoms with van der Waals surface area (Å²) in [5.74, 6) is -0.697. The van der Waals surface area contributed by atoms with E-state index in [0.29, 0.717) is 6.04 Å². The van der Waals surface area contributed by atoms with Crippen LogP contribution in [0.2, 0.25) is 0 Å². The minimum Gasteiger partial charge on any atom is -0.481 e. The molecule has 0 bridgehead atoms. The van der Waals surface area contributed by atoms with E-state index >= 15 is 0 Å². The molecule has 3 atom stereocenters. The second-order valence-electron chi connectivity index (χ2n) is 5.65. The molecule has 96 valence electrons. The molecule has 18 heavy (non-hydrogen) atoms. The van der Waals surface area contributed by atoms with Crippen molar-refractivity contribution in [2.45, 2.75) is 38.1 Å². The van der Waals surface area contributed by atoms with Crippen molar-refractivity contribution in [3.8, 4) is 0 Å². The molecule has 1 heterocycles. The summed E-state index contributed by atoms with van der Waals surface area (Å²) in [6, 6.07) is 6.61. The van der Waals surface area contributed by atoms with Crippen LogP contribution in [0.1, 0.15) is 36.3 Å². The number of fused-ring (bicyclic) bond motifs is 2. The number of benzene rings is 1. The second-order valence-corrected chi connectivity index (χ2v) is 5.65. The predicted molar refractivity (Wildman–Crippen MR) is 71.1 cm³/mol. The molecule has 1 aromatic rings. The molecule has 3 unspecified atom stereocenters. The zero-order valence-electron chi connectivity index (χ0n) is 10.9. The number of aryl methyl sites for hydroxylation is 1. The van der Waals surface area contributed by atoms with Crippen molar-refractivity contribution in [2.75, 3.05) is 11.9 Å². The third-order valence-corrected chi connectivity index (χ3v) is 4.62. The number of carbonyl (C=O) groups is 1. The van der Waals surface area contributed by atoms with Crippen LogP contribution in [0.4, 0.5) is 5.69 Å². The largest absolute Gasteiger partial charge is 0.481 e. The zero-order valence-corrected chi connectivity index (χ0v) is 10.9. The number of hydrogen-bond acceptors (Lipinski definition) is 2. The van der Waals surface area contributed by atoms with Gasteiger partial charge < -0.3 is 10.0 Å². The van der Waals surface area contributed by atoms with E-state index in [1.807, 2.05) is 6.92 Å². The highest BCUT2D eigenvalue weighted by Crippen LogP contribution is 2.48. The molecule has 2 aliphatic rings. The molecule has 0 saturated heterocycles. The first-order valence-corrected chi connectivity index (χ1v) is 6.66. The molecule has 1 aliphatic carbocycles. The van der Waals surface area contributed by atoms with Gasteiger partial charge in [-0.05, 0) is 37.3 Å². The molecule has 1 aliphatic heterocycles. The molecule has 1 N–H and O–H groups in total. The molecule has 3 nitrogen and oxygen atoms in total. The predicted octanol–water partition coefficient (Wildman–Crippen LogP) is 2.78. The summed E-state index contributed by atoms with van der Waals surface area (Å²) in [7, 11) is 2.11. The number of anilines is 1. The minimum atomic E-state index is -0.660. The van der Waals surface area contributed by atoms with Gasteiger partial charge in [-0.1, -0.05) is 24.1 Å². The third kappa shape index (κ3) is 1.53. The summed E-state index contributed by atoms with van der Waals surface area (Å²) in [6.07, 6.45) is 3.31. The van der Waals surface area contributed by atoms with Gasteiger partial charge in [0.25, 0.3) is 0 Å². The van der Waals surface area contributed by atoms with Crippen molar-refractivity contribution >= 4 is 11.7 Å². The van der Waals surface area contributed by atoms with Gasteiger partial charge in [0.05, 0.1) is 5.92 Å². The van der Waals surface area contributed by atoms with Gasteiger partial charge in [-0.25, -0.2) is 0 Å². The number of nitrogens with zero attached hydrogens (tertiary/aromatic N) is 1. The monoisotopic (exact) mass is 245 g/mol. The van der Waals surface area contributed by atoms with Gasteiger partial charge in [-0.15, -0.1) is 0 Å². The van der Waals surface area contributed by atoms with Gasteiger partial charge in [0.15, 0.2) is 0 Å². The average molecular weight is 245 g/mol. The Bertz CT molecular complexity index is 497. The molecule has 3 rings (SSSR count). The molecule has 0 aromatic heterocycles. The third-order valence-electron chi connectivity index (χ3n) is 4.62. The summed E-state index contributed by atoms with van der Waals surface area (Å²) >= 11 is 0. The maximum absolute atomic E-state index is 11.7. The fourth-order valence-corrected chi connectivity index (χ4v) is 3.81. The van der Waals surface area contributed by atoms with Crippen LogP contribution in [0.3, 0.4) is 0 Å². The van der Waals surface area contributed by atoms with Crippen LogP contribution in [-0.2, 0) is 4.79 Å². The summed E-state index contributed by atoms with van der Waals surface area (Å²) in [6.45, 7) is 2.03. The molecule has 0 amide bonds. The summed E-state index contributed by atoms with van der Waals surface area (Å²) in [5.41, 5.74) is 3.26. The molecular formula is C15H19NO2. The second kappa shape index (κ2) is 4.01. The highest BCUT2D eigenvalue weighted by Gasteiger charge is 2.45. The number of rotatable bonds is 1. The minimum absolute atomic E-state index is 0.279. The Morgan fingerprint density at radius 2 is 2.17 bits per heavy atom. The lowest BCUT2D eigenvalue weighted by atomic mass is 9.77.